The highest BCUT2D eigenvalue weighted by Gasteiger charge is 1.58. The van der Waals surface area contributed by atoms with E-state index >= 15 is 0 Å². The van der Waals surface area contributed by atoms with Gasteiger partial charge >= 0.3 is 0 Å². The topological polar surface area (TPSA) is 0 Å². The van der Waals surface area contributed by atoms with Gasteiger partial charge in [-0.1, -0.05) is 6.58 Å². The van der Waals surface area contributed by atoms with Crippen LogP contribution < -0.4 is 0 Å². The summed E-state index contributed by atoms with van der Waals surface area (Å²) < 4.78 is 1.11. The summed E-state index contributed by atoms with van der Waals surface area (Å²) in [6.45, 7) is 3.53. The second-order valence-corrected chi connectivity index (χ2v) is 5.01. The predicted octanol–water partition coefficient (Wildman–Crippen LogP) is 2.33. The van der Waals surface area contributed by atoms with Gasteiger partial charge in [0, 0.05) is 1.59 Å². The van der Waals surface area contributed by atoms with Gasteiger partial charge in [0.2, 0.25) is 0 Å². The van der Waals surface area contributed by atoms with E-state index in [2.05, 4.69) is 51.8 Å². The van der Waals surface area contributed by atoms with Gasteiger partial charge in [-0.25, -0.2) is 0 Å². The van der Waals surface area contributed by atoms with E-state index in [0.717, 1.165) is 1.59 Å². The summed E-state index contributed by atoms with van der Waals surface area (Å²) in [6, 6.07) is 0. The molecule has 0 aliphatic heterocycles. The Hall–Kier alpha value is 1.20. The monoisotopic (exact) mass is 280 g/mol. The Morgan fingerprint density at radius 1 is 1.50 bits per heavy atom. The number of hydrogen-bond acceptors (Lipinski definition) is 0. The van der Waals surface area contributed by atoms with E-state index in [1.807, 2.05) is 0 Å². The molecule has 0 aromatic carbocycles. The van der Waals surface area contributed by atoms with E-state index in [9.17, 15) is 0 Å². The summed E-state index contributed by atoms with van der Waals surface area (Å²) in [7, 11) is 0. The molecule has 0 aliphatic carbocycles. The average Bonchev–Trinajstić information content (AvgIpc) is 0.811. The minimum Gasteiger partial charge on any atom is -0.0794 e. The van der Waals surface area contributed by atoms with Gasteiger partial charge in [-0.2, -0.15) is 0 Å². The van der Waals surface area contributed by atoms with Gasteiger partial charge in [-0.3, -0.25) is 0 Å². The molecule has 0 saturated heterocycles. The van der Waals surface area contributed by atoms with Crippen molar-refractivity contribution in [3.63, 3.8) is 0 Å². The lowest BCUT2D eigenvalue weighted by atomic mass is 11.3. The molecule has 0 radical (unpaired) electrons. The lowest BCUT2D eigenvalue weighted by molar-refractivity contribution is 2.71. The molecule has 0 amide bonds. The number of rotatable bonds is 0. The second kappa shape index (κ2) is 2.44. The van der Waals surface area contributed by atoms with Crippen LogP contribution in [-0.4, -0.2) is 0 Å². The normalized spacial score (nSPS) is 6.50. The third kappa shape index (κ3) is 10.8. The fourth-order valence-electron chi connectivity index (χ4n) is 0. The Kier molecular flexibility index (Phi) is 3.17. The van der Waals surface area contributed by atoms with Crippen LogP contribution in [0.15, 0.2) is 8.17 Å². The first-order chi connectivity index (χ1) is 1.73. The molecular weight excluding hydrogens is 278 g/mol. The Morgan fingerprint density at radius 3 is 1.50 bits per heavy atom. The zero-order chi connectivity index (χ0) is 3.58. The molecule has 0 aromatic heterocycles. The van der Waals surface area contributed by atoms with Gasteiger partial charge in [0.05, 0.1) is 0 Å². The zero-order valence-electron chi connectivity index (χ0n) is 1.96. The Morgan fingerprint density at radius 2 is 1.50 bits per heavy atom. The summed E-state index contributed by atoms with van der Waals surface area (Å²) in [5.74, 6) is 0. The van der Waals surface area contributed by atoms with Crippen molar-refractivity contribution in [2.24, 2.45) is 0 Å². The third-order valence-electron chi connectivity index (χ3n) is 0. The van der Waals surface area contributed by atoms with E-state index in [1.165, 1.54) is 0 Å². The Labute approximate surface area is 52.9 Å². The molecule has 0 fully saturated rings. The third-order valence-corrected chi connectivity index (χ3v) is 0. The SMILES string of the molecule is C=C(I)I. The lowest BCUT2D eigenvalue weighted by Crippen LogP contribution is -1.18. The molecule has 24 valence electrons. The van der Waals surface area contributed by atoms with Gasteiger partial charge in [0.25, 0.3) is 0 Å². The van der Waals surface area contributed by atoms with E-state index < -0.39 is 0 Å². The quantitative estimate of drug-likeness (QED) is 0.597. The minimum atomic E-state index is 1.11. The van der Waals surface area contributed by atoms with Crippen LogP contribution in [0.3, 0.4) is 0 Å². The van der Waals surface area contributed by atoms with E-state index in [0.29, 0.717) is 0 Å². The van der Waals surface area contributed by atoms with Crippen molar-refractivity contribution < 1.29 is 0 Å². The molecule has 4 heavy (non-hydrogen) atoms. The van der Waals surface area contributed by atoms with Crippen molar-refractivity contribution in [1.82, 2.24) is 0 Å². The van der Waals surface area contributed by atoms with Crippen LogP contribution in [0.2, 0.25) is 0 Å². The van der Waals surface area contributed by atoms with Gasteiger partial charge in [0.1, 0.15) is 0 Å². The predicted molar refractivity (Wildman–Crippen MR) is 37.2 cm³/mol. The maximum absolute atomic E-state index is 3.53. The molecular formula is C2H2I2. The van der Waals surface area contributed by atoms with E-state index in [-0.39, 0.29) is 0 Å². The summed E-state index contributed by atoms with van der Waals surface area (Å²) in [5.41, 5.74) is 0. The zero-order valence-corrected chi connectivity index (χ0v) is 6.28. The summed E-state index contributed by atoms with van der Waals surface area (Å²) >= 11 is 4.27. The smallest absolute Gasteiger partial charge is 0.0442 e. The molecule has 2 heteroatoms. The van der Waals surface area contributed by atoms with Crippen LogP contribution in [0.25, 0.3) is 0 Å². The molecule has 0 aliphatic rings. The summed E-state index contributed by atoms with van der Waals surface area (Å²) in [6.07, 6.45) is 0. The fraction of sp³-hybridized carbons (Fsp3) is 0. The number of hydrogen-bond donors (Lipinski definition) is 0. The van der Waals surface area contributed by atoms with Gasteiger partial charge in [-0.15, -0.1) is 0 Å². The Bertz CT molecular complexity index is 27.0. The molecule has 0 nitrogen and oxygen atoms in total. The second-order valence-electron chi connectivity index (χ2n) is 0.339. The molecule has 0 heterocycles. The molecule has 0 spiro atoms. The van der Waals surface area contributed by atoms with Crippen LogP contribution in [0.5, 0.6) is 0 Å². The summed E-state index contributed by atoms with van der Waals surface area (Å²) in [5, 5.41) is 0. The van der Waals surface area contributed by atoms with Crippen LogP contribution >= 0.6 is 45.2 Å². The van der Waals surface area contributed by atoms with Crippen LogP contribution in [0.4, 0.5) is 0 Å². The van der Waals surface area contributed by atoms with Gasteiger partial charge < -0.3 is 0 Å². The van der Waals surface area contributed by atoms with Crippen molar-refractivity contribution >= 4 is 45.2 Å². The minimum absolute atomic E-state index is 1.11. The van der Waals surface area contributed by atoms with Crippen LogP contribution in [0, 0.1) is 0 Å². The molecule has 0 bridgehead atoms. The molecule has 0 saturated carbocycles. The Balaban J connectivity index is 2.80. The van der Waals surface area contributed by atoms with Crippen molar-refractivity contribution in [3.8, 4) is 0 Å². The molecule has 0 rings (SSSR count). The van der Waals surface area contributed by atoms with Gasteiger partial charge in [-0.05, 0) is 45.2 Å². The van der Waals surface area contributed by atoms with E-state index in [4.69, 9.17) is 0 Å². The molecule has 0 N–H and O–H groups in total. The standard InChI is InChI=1S/C2H2I2/c1-2(3)4/h1H2. The fourth-order valence-corrected chi connectivity index (χ4v) is 0. The molecule has 0 aromatic rings. The van der Waals surface area contributed by atoms with Crippen molar-refractivity contribution in [3.05, 3.63) is 8.17 Å². The van der Waals surface area contributed by atoms with Crippen LogP contribution in [-0.2, 0) is 0 Å². The highest BCUT2D eigenvalue weighted by molar-refractivity contribution is 14.2. The molecule has 0 unspecified atom stereocenters. The van der Waals surface area contributed by atoms with Crippen LogP contribution in [0.1, 0.15) is 0 Å². The summed E-state index contributed by atoms with van der Waals surface area (Å²) in [4.78, 5) is 0. The van der Waals surface area contributed by atoms with Gasteiger partial charge in [0.15, 0.2) is 0 Å². The average molecular weight is 280 g/mol. The maximum atomic E-state index is 3.53. The first kappa shape index (κ1) is 5.20. The molecule has 0 atom stereocenters. The van der Waals surface area contributed by atoms with Crippen molar-refractivity contribution in [2.75, 3.05) is 0 Å². The van der Waals surface area contributed by atoms with Crippen molar-refractivity contribution in [2.45, 2.75) is 0 Å². The highest BCUT2D eigenvalue weighted by atomic mass is 127. The first-order valence-electron chi connectivity index (χ1n) is 0.732. The largest absolute Gasteiger partial charge is 0.0794 e. The van der Waals surface area contributed by atoms with Crippen molar-refractivity contribution in [1.29, 1.82) is 0 Å². The first-order valence-corrected chi connectivity index (χ1v) is 2.89. The maximum Gasteiger partial charge on any atom is 0.0442 e. The highest BCUT2D eigenvalue weighted by Crippen LogP contribution is 2.08. The van der Waals surface area contributed by atoms with E-state index in [1.54, 1.807) is 0 Å². The lowest BCUT2D eigenvalue weighted by Gasteiger charge is -1.58. The number of halogens is 2.